The van der Waals surface area contributed by atoms with E-state index in [1.54, 1.807) is 11.1 Å². The van der Waals surface area contributed by atoms with Gasteiger partial charge in [0, 0.05) is 6.20 Å². The molecule has 2 aromatic rings. The van der Waals surface area contributed by atoms with Gasteiger partial charge in [-0.25, -0.2) is 5.10 Å². The molecule has 23 heavy (non-hydrogen) atoms. The molecule has 7 nitrogen and oxygen atoms in total. The molecule has 0 bridgehead atoms. The van der Waals surface area contributed by atoms with Crippen LogP contribution in [0.4, 0.5) is 0 Å². The topological polar surface area (TPSA) is 95.0 Å². The molecule has 2 N–H and O–H groups in total. The number of benzene rings is 1. The predicted molar refractivity (Wildman–Crippen MR) is 87.0 cm³/mol. The van der Waals surface area contributed by atoms with Crippen molar-refractivity contribution in [1.82, 2.24) is 25.5 Å². The Kier molecular flexibility index (Phi) is 4.16. The lowest BCUT2D eigenvalue weighted by atomic mass is 10.1. The van der Waals surface area contributed by atoms with Crippen LogP contribution in [0.1, 0.15) is 22.5 Å². The van der Waals surface area contributed by atoms with Gasteiger partial charge >= 0.3 is 0 Å². The van der Waals surface area contributed by atoms with Gasteiger partial charge in [0.2, 0.25) is 0 Å². The number of hydrogen-bond acceptors (Lipinski definition) is 6. The van der Waals surface area contributed by atoms with E-state index in [1.807, 2.05) is 37.5 Å². The first kappa shape index (κ1) is 15.3. The highest BCUT2D eigenvalue weighted by atomic mass is 32.2. The molecule has 0 fully saturated rings. The third kappa shape index (κ3) is 3.26. The number of rotatable bonds is 3. The number of carbonyl (C=O) groups excluding carboxylic acids is 1. The molecule has 0 unspecified atom stereocenters. The van der Waals surface area contributed by atoms with Crippen LogP contribution >= 0.6 is 11.8 Å². The van der Waals surface area contributed by atoms with Gasteiger partial charge in [-0.3, -0.25) is 4.79 Å². The molecule has 3 rings (SSSR count). The van der Waals surface area contributed by atoms with Crippen molar-refractivity contribution in [3.05, 3.63) is 51.2 Å². The molecule has 1 aliphatic rings. The zero-order valence-corrected chi connectivity index (χ0v) is 13.5. The molecule has 8 heteroatoms. The number of aromatic amines is 1. The summed E-state index contributed by atoms with van der Waals surface area (Å²) in [4.78, 5) is 14.7. The van der Waals surface area contributed by atoms with E-state index in [-0.39, 0.29) is 18.2 Å². The second-order valence-electron chi connectivity index (χ2n) is 5.20. The van der Waals surface area contributed by atoms with E-state index in [2.05, 4.69) is 20.6 Å². The Morgan fingerprint density at radius 2 is 2.09 bits per heavy atom. The largest absolute Gasteiger partial charge is 0.507 e. The molecule has 1 amide bonds. The minimum Gasteiger partial charge on any atom is -0.507 e. The fraction of sp³-hybridized carbons (Fsp3) is 0.200. The number of carbonyl (C=O) groups is 1. The quantitative estimate of drug-likeness (QED) is 0.838. The molecular weight excluding hydrogens is 314 g/mol. The molecule has 0 saturated carbocycles. The molecular formula is C15H15N5O2S. The number of H-pyrrole nitrogens is 1. The number of thioether (sulfide) groups is 1. The van der Waals surface area contributed by atoms with Gasteiger partial charge in [-0.05, 0) is 64.6 Å². The normalized spacial score (nSPS) is 16.3. The average molecular weight is 329 g/mol. The number of aryl methyl sites for hydroxylation is 2. The van der Waals surface area contributed by atoms with Crippen LogP contribution in [0.2, 0.25) is 0 Å². The van der Waals surface area contributed by atoms with E-state index in [9.17, 15) is 9.90 Å². The average Bonchev–Trinajstić information content (AvgIpc) is 3.02. The Morgan fingerprint density at radius 1 is 1.35 bits per heavy atom. The second-order valence-corrected chi connectivity index (χ2v) is 6.14. The number of phenols is 1. The molecule has 1 aliphatic heterocycles. The highest BCUT2D eigenvalue weighted by Gasteiger charge is 2.21. The number of aromatic hydroxyl groups is 1. The lowest BCUT2D eigenvalue weighted by molar-refractivity contribution is -0.124. The van der Waals surface area contributed by atoms with Crippen molar-refractivity contribution in [2.45, 2.75) is 20.4 Å². The summed E-state index contributed by atoms with van der Waals surface area (Å²) in [5.74, 6) is 0.692. The van der Waals surface area contributed by atoms with Crippen LogP contribution < -0.4 is 0 Å². The van der Waals surface area contributed by atoms with Gasteiger partial charge < -0.3 is 10.0 Å². The van der Waals surface area contributed by atoms with Crippen LogP contribution in [0.3, 0.4) is 0 Å². The first-order chi connectivity index (χ1) is 11.0. The van der Waals surface area contributed by atoms with Crippen molar-refractivity contribution < 1.29 is 9.90 Å². The SMILES string of the molecule is Cc1cc(C=C2SC=CN(Cc3nnn[nH]3)C2=O)cc(C)c1O. The summed E-state index contributed by atoms with van der Waals surface area (Å²) in [7, 11) is 0. The van der Waals surface area contributed by atoms with Crippen LogP contribution in [-0.4, -0.2) is 36.5 Å². The van der Waals surface area contributed by atoms with Crippen LogP contribution in [0, 0.1) is 13.8 Å². The number of nitrogens with one attached hydrogen (secondary N) is 1. The summed E-state index contributed by atoms with van der Waals surface area (Å²) in [6.07, 6.45) is 3.53. The third-order valence-electron chi connectivity index (χ3n) is 3.43. The highest BCUT2D eigenvalue weighted by Crippen LogP contribution is 2.30. The molecule has 0 spiro atoms. The highest BCUT2D eigenvalue weighted by molar-refractivity contribution is 8.06. The maximum absolute atomic E-state index is 12.5. The summed E-state index contributed by atoms with van der Waals surface area (Å²) >= 11 is 1.36. The zero-order chi connectivity index (χ0) is 16.4. The number of phenolic OH excluding ortho intramolecular Hbond substituents is 1. The smallest absolute Gasteiger partial charge is 0.265 e. The molecule has 0 aliphatic carbocycles. The summed E-state index contributed by atoms with van der Waals surface area (Å²) < 4.78 is 0. The van der Waals surface area contributed by atoms with Gasteiger partial charge in [-0.15, -0.1) is 5.10 Å². The summed E-state index contributed by atoms with van der Waals surface area (Å²) in [5, 5.41) is 25.1. The van der Waals surface area contributed by atoms with Crippen molar-refractivity contribution in [3.63, 3.8) is 0 Å². The lowest BCUT2D eigenvalue weighted by Gasteiger charge is -2.21. The van der Waals surface area contributed by atoms with Crippen molar-refractivity contribution in [2.75, 3.05) is 0 Å². The molecule has 0 atom stereocenters. The molecule has 1 aromatic carbocycles. The minimum absolute atomic E-state index is 0.114. The van der Waals surface area contributed by atoms with E-state index < -0.39 is 0 Å². The van der Waals surface area contributed by atoms with Gasteiger partial charge in [-0.1, -0.05) is 11.8 Å². The standard InChI is InChI=1S/C15H15N5O2S/c1-9-5-11(6-10(2)14(9)21)7-12-15(22)20(3-4-23-12)8-13-16-18-19-17-13/h3-7,21H,8H2,1-2H3,(H,16,17,18,19). The summed E-state index contributed by atoms with van der Waals surface area (Å²) in [6.45, 7) is 3.96. The van der Waals surface area contributed by atoms with Gasteiger partial charge in [0.05, 0.1) is 11.4 Å². The van der Waals surface area contributed by atoms with E-state index in [0.29, 0.717) is 10.7 Å². The monoisotopic (exact) mass is 329 g/mol. The zero-order valence-electron chi connectivity index (χ0n) is 12.6. The van der Waals surface area contributed by atoms with Crippen molar-refractivity contribution in [1.29, 1.82) is 0 Å². The Hall–Kier alpha value is -2.61. The van der Waals surface area contributed by atoms with E-state index in [1.165, 1.54) is 11.8 Å². The Bertz CT molecular complexity index is 775. The second kappa shape index (κ2) is 6.25. The Morgan fingerprint density at radius 3 is 2.74 bits per heavy atom. The van der Waals surface area contributed by atoms with Crippen molar-refractivity contribution in [2.24, 2.45) is 0 Å². The minimum atomic E-state index is -0.114. The molecule has 118 valence electrons. The third-order valence-corrected chi connectivity index (χ3v) is 4.23. The number of amides is 1. The number of nitrogens with zero attached hydrogens (tertiary/aromatic N) is 4. The van der Waals surface area contributed by atoms with Gasteiger partial charge in [0.25, 0.3) is 5.91 Å². The summed E-state index contributed by atoms with van der Waals surface area (Å²) in [5.41, 5.74) is 2.45. The first-order valence-corrected chi connectivity index (χ1v) is 7.81. The molecule has 1 aromatic heterocycles. The first-order valence-electron chi connectivity index (χ1n) is 6.93. The van der Waals surface area contributed by atoms with E-state index >= 15 is 0 Å². The fourth-order valence-electron chi connectivity index (χ4n) is 2.29. The van der Waals surface area contributed by atoms with Crippen molar-refractivity contribution >= 4 is 23.7 Å². The predicted octanol–water partition coefficient (Wildman–Crippen LogP) is 2.11. The Balaban J connectivity index is 1.85. The van der Waals surface area contributed by atoms with Crippen LogP contribution in [0.15, 0.2) is 28.6 Å². The summed E-state index contributed by atoms with van der Waals surface area (Å²) in [6, 6.07) is 3.71. The molecule has 0 saturated heterocycles. The number of aromatic nitrogens is 4. The fourth-order valence-corrected chi connectivity index (χ4v) is 3.06. The van der Waals surface area contributed by atoms with Crippen molar-refractivity contribution in [3.8, 4) is 5.75 Å². The maximum Gasteiger partial charge on any atom is 0.265 e. The Labute approximate surface area is 137 Å². The van der Waals surface area contributed by atoms with E-state index in [0.717, 1.165) is 16.7 Å². The van der Waals surface area contributed by atoms with Gasteiger partial charge in [0.1, 0.15) is 5.75 Å². The number of hydrogen-bond donors (Lipinski definition) is 2. The lowest BCUT2D eigenvalue weighted by Crippen LogP contribution is -2.28. The van der Waals surface area contributed by atoms with Gasteiger partial charge in [-0.2, -0.15) is 0 Å². The molecule has 2 heterocycles. The molecule has 0 radical (unpaired) electrons. The van der Waals surface area contributed by atoms with Crippen LogP contribution in [-0.2, 0) is 11.3 Å². The maximum atomic E-state index is 12.5. The van der Waals surface area contributed by atoms with E-state index in [4.69, 9.17) is 0 Å². The van der Waals surface area contributed by atoms with Crippen LogP contribution in [0.25, 0.3) is 6.08 Å². The number of tetrazole rings is 1. The van der Waals surface area contributed by atoms with Gasteiger partial charge in [0.15, 0.2) is 5.82 Å². The van der Waals surface area contributed by atoms with Crippen LogP contribution in [0.5, 0.6) is 5.75 Å².